The summed E-state index contributed by atoms with van der Waals surface area (Å²) < 4.78 is 15.3. The number of amides is 1. The zero-order valence-electron chi connectivity index (χ0n) is 14.1. The van der Waals surface area contributed by atoms with Crippen molar-refractivity contribution in [1.82, 2.24) is 24.9 Å². The van der Waals surface area contributed by atoms with Crippen LogP contribution in [0.25, 0.3) is 5.69 Å². The zero-order chi connectivity index (χ0) is 17.2. The van der Waals surface area contributed by atoms with Crippen LogP contribution in [0.1, 0.15) is 16.9 Å². The molecule has 7 heteroatoms. The highest BCUT2D eigenvalue weighted by Crippen LogP contribution is 2.19. The number of hydrogen-bond acceptors (Lipinski definition) is 4. The fraction of sp³-hybridized carbons (Fsp3) is 0.444. The van der Waals surface area contributed by atoms with Gasteiger partial charge in [0.25, 0.3) is 5.91 Å². The van der Waals surface area contributed by atoms with Crippen LogP contribution in [-0.2, 0) is 0 Å². The van der Waals surface area contributed by atoms with Crippen molar-refractivity contribution < 1.29 is 9.18 Å². The Balaban J connectivity index is 1.44. The highest BCUT2D eigenvalue weighted by Gasteiger charge is 2.32. The van der Waals surface area contributed by atoms with Gasteiger partial charge in [-0.25, -0.2) is 9.07 Å². The van der Waals surface area contributed by atoms with Gasteiger partial charge in [-0.3, -0.25) is 9.69 Å². The number of hydrogen-bond donors (Lipinski definition) is 1. The second-order valence-electron chi connectivity index (χ2n) is 6.58. The monoisotopic (exact) mass is 343 g/mol. The Labute approximate surface area is 146 Å². The molecule has 25 heavy (non-hydrogen) atoms. The van der Waals surface area contributed by atoms with Crippen LogP contribution in [0.4, 0.5) is 4.39 Å². The number of piperazine rings is 1. The van der Waals surface area contributed by atoms with Crippen LogP contribution in [0.15, 0.2) is 36.5 Å². The summed E-state index contributed by atoms with van der Waals surface area (Å²) in [6.07, 6.45) is 2.63. The van der Waals surface area contributed by atoms with Crippen LogP contribution in [-0.4, -0.2) is 70.8 Å². The molecule has 0 bridgehead atoms. The molecule has 1 unspecified atom stereocenters. The van der Waals surface area contributed by atoms with Gasteiger partial charge in [-0.2, -0.15) is 5.10 Å². The van der Waals surface area contributed by atoms with E-state index in [0.29, 0.717) is 17.4 Å². The van der Waals surface area contributed by atoms with Crippen molar-refractivity contribution >= 4 is 5.91 Å². The van der Waals surface area contributed by atoms with E-state index in [1.54, 1.807) is 30.5 Å². The Morgan fingerprint density at radius 2 is 1.96 bits per heavy atom. The van der Waals surface area contributed by atoms with Crippen molar-refractivity contribution in [2.24, 2.45) is 0 Å². The standard InChI is InChI=1S/C18H22FN5O/c19-15-3-1-2-4-17(15)24-10-6-16(21-24)18(25)23-9-5-14(13-23)22-11-7-20-8-12-22/h1-4,6,10,14,20H,5,7-9,11-13H2. The summed E-state index contributed by atoms with van der Waals surface area (Å²) >= 11 is 0. The first-order valence-electron chi connectivity index (χ1n) is 8.77. The Hall–Kier alpha value is -2.25. The molecule has 3 heterocycles. The third-order valence-electron chi connectivity index (χ3n) is 5.03. The van der Waals surface area contributed by atoms with Gasteiger partial charge in [0, 0.05) is 51.5 Å². The summed E-state index contributed by atoms with van der Waals surface area (Å²) in [5, 5.41) is 7.64. The number of benzene rings is 1. The van der Waals surface area contributed by atoms with Gasteiger partial charge >= 0.3 is 0 Å². The Morgan fingerprint density at radius 1 is 1.16 bits per heavy atom. The van der Waals surface area contributed by atoms with Gasteiger partial charge in [-0.05, 0) is 24.6 Å². The van der Waals surface area contributed by atoms with E-state index in [1.165, 1.54) is 10.7 Å². The van der Waals surface area contributed by atoms with Gasteiger partial charge in [0.1, 0.15) is 11.5 Å². The van der Waals surface area contributed by atoms with Gasteiger partial charge < -0.3 is 10.2 Å². The number of likely N-dealkylation sites (tertiary alicyclic amines) is 1. The number of nitrogens with zero attached hydrogens (tertiary/aromatic N) is 4. The molecule has 0 aliphatic carbocycles. The minimum atomic E-state index is -0.357. The van der Waals surface area contributed by atoms with E-state index >= 15 is 0 Å². The molecule has 1 aromatic heterocycles. The van der Waals surface area contributed by atoms with E-state index in [4.69, 9.17) is 0 Å². The Morgan fingerprint density at radius 3 is 2.76 bits per heavy atom. The average Bonchev–Trinajstić information content (AvgIpc) is 3.32. The van der Waals surface area contributed by atoms with E-state index in [-0.39, 0.29) is 11.7 Å². The topological polar surface area (TPSA) is 53.4 Å². The number of halogens is 1. The smallest absolute Gasteiger partial charge is 0.274 e. The van der Waals surface area contributed by atoms with Gasteiger partial charge in [0.15, 0.2) is 5.69 Å². The molecule has 0 spiro atoms. The van der Waals surface area contributed by atoms with E-state index in [2.05, 4.69) is 15.3 Å². The molecule has 0 saturated carbocycles. The summed E-state index contributed by atoms with van der Waals surface area (Å²) in [6, 6.07) is 8.51. The largest absolute Gasteiger partial charge is 0.336 e. The van der Waals surface area contributed by atoms with E-state index in [1.807, 2.05) is 4.90 Å². The predicted molar refractivity (Wildman–Crippen MR) is 92.3 cm³/mol. The third kappa shape index (κ3) is 3.29. The van der Waals surface area contributed by atoms with Gasteiger partial charge in [0.2, 0.25) is 0 Å². The summed E-state index contributed by atoms with van der Waals surface area (Å²) in [4.78, 5) is 17.1. The van der Waals surface area contributed by atoms with Crippen LogP contribution >= 0.6 is 0 Å². The molecule has 1 N–H and O–H groups in total. The summed E-state index contributed by atoms with van der Waals surface area (Å²) in [5.74, 6) is -0.433. The first-order valence-corrected chi connectivity index (χ1v) is 8.77. The van der Waals surface area contributed by atoms with Gasteiger partial charge in [0.05, 0.1) is 0 Å². The van der Waals surface area contributed by atoms with E-state index < -0.39 is 0 Å². The molecule has 2 saturated heterocycles. The lowest BCUT2D eigenvalue weighted by atomic mass is 10.2. The number of para-hydroxylation sites is 1. The fourth-order valence-electron chi connectivity index (χ4n) is 3.64. The fourth-order valence-corrected chi connectivity index (χ4v) is 3.64. The van der Waals surface area contributed by atoms with E-state index in [0.717, 1.165) is 45.7 Å². The molecule has 1 amide bonds. The second-order valence-corrected chi connectivity index (χ2v) is 6.58. The quantitative estimate of drug-likeness (QED) is 0.908. The first kappa shape index (κ1) is 16.2. The van der Waals surface area contributed by atoms with Crippen LogP contribution < -0.4 is 5.32 Å². The van der Waals surface area contributed by atoms with Crippen LogP contribution in [0, 0.1) is 5.82 Å². The summed E-state index contributed by atoms with van der Waals surface area (Å²) in [6.45, 7) is 5.59. The molecule has 6 nitrogen and oxygen atoms in total. The summed E-state index contributed by atoms with van der Waals surface area (Å²) in [7, 11) is 0. The lowest BCUT2D eigenvalue weighted by molar-refractivity contribution is 0.0767. The highest BCUT2D eigenvalue weighted by atomic mass is 19.1. The maximum atomic E-state index is 13.9. The zero-order valence-corrected chi connectivity index (χ0v) is 14.1. The molecule has 1 atom stereocenters. The molecule has 2 aliphatic heterocycles. The van der Waals surface area contributed by atoms with Crippen molar-refractivity contribution in [3.8, 4) is 5.69 Å². The number of carbonyl (C=O) groups is 1. The maximum absolute atomic E-state index is 13.9. The average molecular weight is 343 g/mol. The van der Waals surface area contributed by atoms with Crippen molar-refractivity contribution in [2.75, 3.05) is 39.3 Å². The normalized spacial score (nSPS) is 21.6. The number of nitrogens with one attached hydrogen (secondary N) is 1. The van der Waals surface area contributed by atoms with Crippen molar-refractivity contribution in [2.45, 2.75) is 12.5 Å². The minimum Gasteiger partial charge on any atom is -0.336 e. The minimum absolute atomic E-state index is 0.0762. The number of carbonyl (C=O) groups excluding carboxylic acids is 1. The molecule has 0 radical (unpaired) electrons. The van der Waals surface area contributed by atoms with Crippen LogP contribution in [0.2, 0.25) is 0 Å². The first-order chi connectivity index (χ1) is 12.2. The highest BCUT2D eigenvalue weighted by molar-refractivity contribution is 5.92. The van der Waals surface area contributed by atoms with Crippen molar-refractivity contribution in [1.29, 1.82) is 0 Å². The SMILES string of the molecule is O=C(c1ccn(-c2ccccc2F)n1)N1CCC(N2CCNCC2)C1. The molecular formula is C18H22FN5O. The second kappa shape index (κ2) is 6.93. The lowest BCUT2D eigenvalue weighted by Gasteiger charge is -2.32. The van der Waals surface area contributed by atoms with Gasteiger partial charge in [-0.1, -0.05) is 12.1 Å². The molecule has 132 valence electrons. The Kier molecular flexibility index (Phi) is 4.50. The molecular weight excluding hydrogens is 321 g/mol. The van der Waals surface area contributed by atoms with Crippen LogP contribution in [0.3, 0.4) is 0 Å². The summed E-state index contributed by atoms with van der Waals surface area (Å²) in [5.41, 5.74) is 0.714. The molecule has 2 aliphatic rings. The molecule has 2 aromatic rings. The van der Waals surface area contributed by atoms with Crippen LogP contribution in [0.5, 0.6) is 0 Å². The third-order valence-corrected chi connectivity index (χ3v) is 5.03. The molecule has 2 fully saturated rings. The maximum Gasteiger partial charge on any atom is 0.274 e. The number of rotatable bonds is 3. The molecule has 1 aromatic carbocycles. The lowest BCUT2D eigenvalue weighted by Crippen LogP contribution is -2.49. The van der Waals surface area contributed by atoms with Crippen molar-refractivity contribution in [3.63, 3.8) is 0 Å². The Bertz CT molecular complexity index is 755. The number of aromatic nitrogens is 2. The van der Waals surface area contributed by atoms with Crippen molar-refractivity contribution in [3.05, 3.63) is 48.0 Å². The van der Waals surface area contributed by atoms with E-state index in [9.17, 15) is 9.18 Å². The molecule has 4 rings (SSSR count). The predicted octanol–water partition coefficient (Wildman–Crippen LogP) is 1.13. The van der Waals surface area contributed by atoms with Gasteiger partial charge in [-0.15, -0.1) is 0 Å².